The number of ketones is 1. The smallest absolute Gasteiger partial charge is 0.202 e. The zero-order chi connectivity index (χ0) is 19.6. The quantitative estimate of drug-likeness (QED) is 0.537. The summed E-state index contributed by atoms with van der Waals surface area (Å²) in [6, 6.07) is 2.62. The lowest BCUT2D eigenvalue weighted by atomic mass is 9.47. The fraction of sp³-hybridized carbons (Fsp3) is 0.667. The SMILES string of the molecule is C[N@+]1(CC2CC2)CC[C@]23c4c5ccc(O)c4O[C@H]2C(=O)C(O)C[C@@]3(O)[C@H]1C5O. The molecule has 0 radical (unpaired) electrons. The summed E-state index contributed by atoms with van der Waals surface area (Å²) in [5, 5.41) is 44.5. The average Bonchev–Trinajstić information content (AvgIpc) is 3.35. The molecule has 7 nitrogen and oxygen atoms in total. The Bertz CT molecular complexity index is 914. The van der Waals surface area contributed by atoms with Crippen molar-refractivity contribution < 1.29 is 34.4 Å². The van der Waals surface area contributed by atoms with Crippen LogP contribution in [0.4, 0.5) is 0 Å². The third-order valence-electron chi connectivity index (χ3n) is 8.33. The second kappa shape index (κ2) is 4.90. The number of quaternary nitrogens is 1. The minimum Gasteiger partial charge on any atom is -0.504 e. The normalized spacial score (nSPS) is 48.2. The molecule has 7 atom stereocenters. The number of carbonyl (C=O) groups is 1. The summed E-state index contributed by atoms with van der Waals surface area (Å²) in [5.41, 5.74) is -1.31. The Kier molecular flexibility index (Phi) is 3.01. The number of aliphatic hydroxyl groups excluding tert-OH is 2. The van der Waals surface area contributed by atoms with Crippen LogP contribution in [0.25, 0.3) is 0 Å². The number of benzene rings is 1. The summed E-state index contributed by atoms with van der Waals surface area (Å²) in [6.45, 7) is 1.58. The molecule has 2 aliphatic heterocycles. The van der Waals surface area contributed by atoms with E-state index < -0.39 is 41.2 Å². The molecule has 4 N–H and O–H groups in total. The van der Waals surface area contributed by atoms with Gasteiger partial charge in [-0.05, 0) is 24.5 Å². The first kappa shape index (κ1) is 17.2. The molecular formula is C21H26NO6+. The fourth-order valence-corrected chi connectivity index (χ4v) is 7.07. The number of aromatic hydroxyl groups is 1. The molecule has 2 heterocycles. The number of likely N-dealkylation sites (tertiary alicyclic amines) is 1. The van der Waals surface area contributed by atoms with E-state index in [2.05, 4.69) is 7.05 Å². The maximum atomic E-state index is 12.9. The van der Waals surface area contributed by atoms with Crippen molar-refractivity contribution in [2.45, 2.75) is 61.1 Å². The molecule has 7 heteroatoms. The van der Waals surface area contributed by atoms with Crippen molar-refractivity contribution in [1.29, 1.82) is 0 Å². The highest BCUT2D eigenvalue weighted by molar-refractivity contribution is 5.93. The minimum atomic E-state index is -1.49. The third-order valence-corrected chi connectivity index (χ3v) is 8.33. The Morgan fingerprint density at radius 1 is 1.29 bits per heavy atom. The highest BCUT2D eigenvalue weighted by Gasteiger charge is 2.79. The molecule has 3 fully saturated rings. The van der Waals surface area contributed by atoms with Gasteiger partial charge in [0.15, 0.2) is 17.6 Å². The molecule has 1 aromatic carbocycles. The van der Waals surface area contributed by atoms with Gasteiger partial charge < -0.3 is 29.6 Å². The van der Waals surface area contributed by atoms with Gasteiger partial charge >= 0.3 is 0 Å². The Hall–Kier alpha value is -1.67. The third kappa shape index (κ3) is 1.70. The summed E-state index contributed by atoms with van der Waals surface area (Å²) in [7, 11) is 2.08. The largest absolute Gasteiger partial charge is 0.504 e. The lowest BCUT2D eigenvalue weighted by Gasteiger charge is -2.65. The summed E-state index contributed by atoms with van der Waals surface area (Å²) in [6.07, 6.45) is -0.595. The summed E-state index contributed by atoms with van der Waals surface area (Å²) >= 11 is 0. The molecule has 28 heavy (non-hydrogen) atoms. The molecule has 2 bridgehead atoms. The highest BCUT2D eigenvalue weighted by Crippen LogP contribution is 2.67. The second-order valence-electron chi connectivity index (χ2n) is 9.86. The fourth-order valence-electron chi connectivity index (χ4n) is 7.07. The Morgan fingerprint density at radius 2 is 2.04 bits per heavy atom. The van der Waals surface area contributed by atoms with Gasteiger partial charge in [0, 0.05) is 24.3 Å². The zero-order valence-electron chi connectivity index (χ0n) is 15.8. The number of piperidine rings is 1. The number of nitrogens with zero attached hydrogens (tertiary/aromatic N) is 1. The van der Waals surface area contributed by atoms with Crippen LogP contribution in [0.3, 0.4) is 0 Å². The summed E-state index contributed by atoms with van der Waals surface area (Å²) in [4.78, 5) is 12.9. The topological polar surface area (TPSA) is 107 Å². The number of hydrogen-bond donors (Lipinski definition) is 4. The van der Waals surface area contributed by atoms with Crippen LogP contribution in [-0.4, -0.2) is 74.7 Å². The number of phenolic OH excluding ortho intramolecular Hbond substituents is 1. The van der Waals surface area contributed by atoms with Crippen LogP contribution in [0.2, 0.25) is 0 Å². The molecule has 5 aliphatic rings. The monoisotopic (exact) mass is 388 g/mol. The van der Waals surface area contributed by atoms with E-state index in [0.717, 1.165) is 6.54 Å². The van der Waals surface area contributed by atoms with Crippen LogP contribution >= 0.6 is 0 Å². The molecule has 1 spiro atoms. The lowest BCUT2D eigenvalue weighted by molar-refractivity contribution is -0.955. The predicted octanol–water partition coefficient (Wildman–Crippen LogP) is 0.132. The van der Waals surface area contributed by atoms with Gasteiger partial charge in [-0.2, -0.15) is 0 Å². The van der Waals surface area contributed by atoms with Crippen molar-refractivity contribution in [1.82, 2.24) is 0 Å². The molecule has 2 saturated carbocycles. The maximum Gasteiger partial charge on any atom is 0.202 e. The van der Waals surface area contributed by atoms with Crippen molar-refractivity contribution in [2.24, 2.45) is 5.92 Å². The zero-order valence-corrected chi connectivity index (χ0v) is 15.8. The first-order valence-electron chi connectivity index (χ1n) is 10.2. The van der Waals surface area contributed by atoms with Gasteiger partial charge in [0.2, 0.25) is 5.78 Å². The van der Waals surface area contributed by atoms with E-state index in [1.807, 2.05) is 0 Å². The Labute approximate surface area is 162 Å². The standard InChI is InChI=1S/C21H25NO6/c1-22(9-10-2-3-10)7-6-20-14-11-4-5-12(23)17(14)28-19(20)16(26)13(24)8-21(20,27)18(22)15(11)25/h4-5,10,13,15,18-19,24-25,27H,2-3,6-9H2,1H3/p+1/t13?,15?,18-,19+,20+,21-,22-/m1/s1. The number of ether oxygens (including phenoxy) is 1. The maximum absolute atomic E-state index is 12.9. The molecule has 1 aromatic rings. The number of phenols is 1. The van der Waals surface area contributed by atoms with Crippen LogP contribution in [0.1, 0.15) is 42.9 Å². The molecule has 3 aliphatic carbocycles. The van der Waals surface area contributed by atoms with Crippen LogP contribution in [-0.2, 0) is 10.2 Å². The van der Waals surface area contributed by atoms with Crippen molar-refractivity contribution in [2.75, 3.05) is 20.1 Å². The van der Waals surface area contributed by atoms with Gasteiger partial charge in [-0.15, -0.1) is 0 Å². The van der Waals surface area contributed by atoms with E-state index >= 15 is 0 Å². The van der Waals surface area contributed by atoms with Gasteiger partial charge in [0.25, 0.3) is 0 Å². The highest BCUT2D eigenvalue weighted by atomic mass is 16.5. The summed E-state index contributed by atoms with van der Waals surface area (Å²) < 4.78 is 6.45. The number of Topliss-reactive ketones (excluding diaryl/α,β-unsaturated/α-hetero) is 1. The summed E-state index contributed by atoms with van der Waals surface area (Å²) in [5.74, 6) is 0.231. The van der Waals surface area contributed by atoms with E-state index in [-0.39, 0.29) is 17.9 Å². The second-order valence-corrected chi connectivity index (χ2v) is 9.86. The molecule has 1 saturated heterocycles. The van der Waals surface area contributed by atoms with Gasteiger partial charge in [-0.1, -0.05) is 6.07 Å². The van der Waals surface area contributed by atoms with Gasteiger partial charge in [-0.3, -0.25) is 4.79 Å². The first-order chi connectivity index (χ1) is 13.2. The van der Waals surface area contributed by atoms with Crippen molar-refractivity contribution >= 4 is 5.78 Å². The van der Waals surface area contributed by atoms with E-state index in [0.29, 0.717) is 34.5 Å². The average molecular weight is 388 g/mol. The van der Waals surface area contributed by atoms with Crippen LogP contribution in [0, 0.1) is 5.92 Å². The van der Waals surface area contributed by atoms with Crippen LogP contribution in [0.5, 0.6) is 11.5 Å². The van der Waals surface area contributed by atoms with Gasteiger partial charge in [-0.25, -0.2) is 0 Å². The number of likely N-dealkylation sites (N-methyl/N-ethyl adjacent to an activating group) is 1. The van der Waals surface area contributed by atoms with E-state index in [9.17, 15) is 25.2 Å². The van der Waals surface area contributed by atoms with Crippen molar-refractivity contribution in [3.05, 3.63) is 23.3 Å². The van der Waals surface area contributed by atoms with E-state index in [1.54, 1.807) is 6.07 Å². The van der Waals surface area contributed by atoms with Gasteiger partial charge in [0.05, 0.1) is 25.6 Å². The number of carbonyl (C=O) groups excluding carboxylic acids is 1. The molecule has 150 valence electrons. The Balaban J connectivity index is 1.64. The Morgan fingerprint density at radius 3 is 2.75 bits per heavy atom. The van der Waals surface area contributed by atoms with Crippen LogP contribution in [0.15, 0.2) is 12.1 Å². The predicted molar refractivity (Wildman–Crippen MR) is 96.8 cm³/mol. The molecule has 0 aromatic heterocycles. The van der Waals surface area contributed by atoms with Crippen molar-refractivity contribution in [3.63, 3.8) is 0 Å². The van der Waals surface area contributed by atoms with E-state index in [1.165, 1.54) is 18.9 Å². The lowest BCUT2D eigenvalue weighted by Crippen LogP contribution is -2.83. The first-order valence-corrected chi connectivity index (χ1v) is 10.2. The number of rotatable bonds is 2. The number of aliphatic hydroxyl groups is 3. The molecule has 6 rings (SSSR count). The van der Waals surface area contributed by atoms with E-state index in [4.69, 9.17) is 4.74 Å². The van der Waals surface area contributed by atoms with Crippen molar-refractivity contribution in [3.8, 4) is 11.5 Å². The molecule has 2 unspecified atom stereocenters. The minimum absolute atomic E-state index is 0.0985. The number of hydrogen-bond acceptors (Lipinski definition) is 6. The van der Waals surface area contributed by atoms with Gasteiger partial charge in [0.1, 0.15) is 23.9 Å². The molecular weight excluding hydrogens is 362 g/mol. The molecule has 0 amide bonds. The van der Waals surface area contributed by atoms with Crippen LogP contribution < -0.4 is 4.74 Å².